The molecule has 0 saturated carbocycles. The van der Waals surface area contributed by atoms with Crippen LogP contribution in [0, 0.1) is 11.6 Å². The summed E-state index contributed by atoms with van der Waals surface area (Å²) in [7, 11) is -4.09. The number of sulfonamides is 1. The Balaban J connectivity index is 1.40. The smallest absolute Gasteiger partial charge is 0.246 e. The highest BCUT2D eigenvalue weighted by atomic mass is 32.2. The maximum absolute atomic E-state index is 13.9. The van der Waals surface area contributed by atoms with Crippen LogP contribution in [0.15, 0.2) is 64.0 Å². The summed E-state index contributed by atoms with van der Waals surface area (Å²) in [5.74, 6) is -1.07. The number of hydrogen-bond donors (Lipinski definition) is 0. The molecule has 0 unspecified atom stereocenters. The number of rotatable bonds is 5. The largest absolute Gasteiger partial charge is 0.359 e. The Morgan fingerprint density at radius 1 is 0.966 bits per heavy atom. The maximum atomic E-state index is 13.9. The van der Waals surface area contributed by atoms with Gasteiger partial charge in [-0.05, 0) is 18.2 Å². The summed E-state index contributed by atoms with van der Waals surface area (Å²) in [4.78, 5) is 1.40. The van der Waals surface area contributed by atoms with Crippen molar-refractivity contribution in [1.82, 2.24) is 14.4 Å². The van der Waals surface area contributed by atoms with Gasteiger partial charge < -0.3 is 4.52 Å². The van der Waals surface area contributed by atoms with Gasteiger partial charge in [-0.15, -0.1) is 0 Å². The van der Waals surface area contributed by atoms with Crippen molar-refractivity contribution in [2.75, 3.05) is 26.2 Å². The first-order valence-electron chi connectivity index (χ1n) is 9.12. The molecule has 1 fully saturated rings. The summed E-state index contributed by atoms with van der Waals surface area (Å²) >= 11 is 0. The van der Waals surface area contributed by atoms with Gasteiger partial charge in [0, 0.05) is 37.8 Å². The predicted octanol–water partition coefficient (Wildman–Crippen LogP) is 3.13. The minimum atomic E-state index is -4.09. The minimum Gasteiger partial charge on any atom is -0.359 e. The fourth-order valence-corrected chi connectivity index (χ4v) is 4.79. The average molecular weight is 419 g/mol. The van der Waals surface area contributed by atoms with Crippen LogP contribution < -0.4 is 0 Å². The van der Waals surface area contributed by atoms with E-state index in [1.165, 1.54) is 4.31 Å². The number of piperazine rings is 1. The molecule has 9 heteroatoms. The van der Waals surface area contributed by atoms with Gasteiger partial charge in [0.1, 0.15) is 22.2 Å². The van der Waals surface area contributed by atoms with Crippen molar-refractivity contribution in [2.24, 2.45) is 0 Å². The van der Waals surface area contributed by atoms with Crippen LogP contribution >= 0.6 is 0 Å². The van der Waals surface area contributed by atoms with Crippen molar-refractivity contribution in [3.05, 3.63) is 72.0 Å². The topological polar surface area (TPSA) is 66.7 Å². The molecule has 1 aliphatic rings. The summed E-state index contributed by atoms with van der Waals surface area (Å²) < 4.78 is 59.2. The van der Waals surface area contributed by atoms with E-state index in [2.05, 4.69) is 5.16 Å². The molecule has 0 radical (unpaired) electrons. The van der Waals surface area contributed by atoms with Crippen LogP contribution in [0.1, 0.15) is 5.76 Å². The molecule has 152 valence electrons. The van der Waals surface area contributed by atoms with Crippen molar-refractivity contribution in [1.29, 1.82) is 0 Å². The lowest BCUT2D eigenvalue weighted by Crippen LogP contribution is -2.48. The molecule has 3 aromatic rings. The summed E-state index contributed by atoms with van der Waals surface area (Å²) in [6.45, 7) is 1.73. The number of nitrogens with zero attached hydrogens (tertiary/aromatic N) is 3. The Hall–Kier alpha value is -2.62. The van der Waals surface area contributed by atoms with Gasteiger partial charge in [0.15, 0.2) is 5.76 Å². The second-order valence-corrected chi connectivity index (χ2v) is 8.71. The average Bonchev–Trinajstić information content (AvgIpc) is 3.19. The van der Waals surface area contributed by atoms with Gasteiger partial charge in [-0.3, -0.25) is 4.90 Å². The lowest BCUT2D eigenvalue weighted by molar-refractivity contribution is 0.166. The van der Waals surface area contributed by atoms with Gasteiger partial charge >= 0.3 is 0 Å². The Labute approximate surface area is 167 Å². The molecule has 1 saturated heterocycles. The monoisotopic (exact) mass is 419 g/mol. The van der Waals surface area contributed by atoms with Gasteiger partial charge in [-0.2, -0.15) is 4.31 Å². The first kappa shape index (κ1) is 19.7. The zero-order valence-corrected chi connectivity index (χ0v) is 16.3. The van der Waals surface area contributed by atoms with Crippen LogP contribution in [-0.2, 0) is 16.6 Å². The molecule has 0 spiro atoms. The first-order valence-corrected chi connectivity index (χ1v) is 10.6. The molecule has 29 heavy (non-hydrogen) atoms. The summed E-state index contributed by atoms with van der Waals surface area (Å²) in [6.07, 6.45) is 0. The molecule has 1 aromatic heterocycles. The molecular formula is C20H19F2N3O3S. The van der Waals surface area contributed by atoms with E-state index in [9.17, 15) is 17.2 Å². The van der Waals surface area contributed by atoms with Crippen LogP contribution in [0.2, 0.25) is 0 Å². The molecule has 6 nitrogen and oxygen atoms in total. The van der Waals surface area contributed by atoms with Crippen LogP contribution in [0.3, 0.4) is 0 Å². The SMILES string of the molecule is O=S(=O)(c1cc(F)ccc1F)N1CCN(Cc2cc(-c3ccccc3)no2)CC1. The zero-order valence-electron chi connectivity index (χ0n) is 15.5. The molecule has 4 rings (SSSR count). The second kappa shape index (κ2) is 8.02. The summed E-state index contributed by atoms with van der Waals surface area (Å²) in [5.41, 5.74) is 1.69. The lowest BCUT2D eigenvalue weighted by Gasteiger charge is -2.33. The van der Waals surface area contributed by atoms with Gasteiger partial charge in [0.25, 0.3) is 0 Å². The Morgan fingerprint density at radius 3 is 2.41 bits per heavy atom. The van der Waals surface area contributed by atoms with Crippen LogP contribution in [0.5, 0.6) is 0 Å². The summed E-state index contributed by atoms with van der Waals surface area (Å²) in [5, 5.41) is 4.08. The van der Waals surface area contributed by atoms with Gasteiger partial charge in [-0.1, -0.05) is 35.5 Å². The Morgan fingerprint density at radius 2 is 1.69 bits per heavy atom. The molecule has 0 N–H and O–H groups in total. The summed E-state index contributed by atoms with van der Waals surface area (Å²) in [6, 6.07) is 14.0. The highest BCUT2D eigenvalue weighted by molar-refractivity contribution is 7.89. The molecule has 1 aliphatic heterocycles. The maximum Gasteiger partial charge on any atom is 0.246 e. The van der Waals surface area contributed by atoms with E-state index < -0.39 is 26.6 Å². The highest BCUT2D eigenvalue weighted by Crippen LogP contribution is 2.23. The number of benzene rings is 2. The number of hydrogen-bond acceptors (Lipinski definition) is 5. The normalized spacial score (nSPS) is 16.2. The van der Waals surface area contributed by atoms with Crippen LogP contribution in [0.4, 0.5) is 8.78 Å². The van der Waals surface area contributed by atoms with E-state index >= 15 is 0 Å². The van der Waals surface area contributed by atoms with Crippen molar-refractivity contribution in [3.8, 4) is 11.3 Å². The third-order valence-corrected chi connectivity index (χ3v) is 6.76. The molecule has 0 atom stereocenters. The highest BCUT2D eigenvalue weighted by Gasteiger charge is 2.31. The van der Waals surface area contributed by atoms with Crippen molar-refractivity contribution >= 4 is 10.0 Å². The quantitative estimate of drug-likeness (QED) is 0.636. The number of halogens is 2. The molecule has 0 aliphatic carbocycles. The van der Waals surface area contributed by atoms with E-state index in [1.54, 1.807) is 0 Å². The van der Waals surface area contributed by atoms with E-state index in [0.29, 0.717) is 25.4 Å². The van der Waals surface area contributed by atoms with E-state index in [1.807, 2.05) is 41.3 Å². The van der Waals surface area contributed by atoms with Crippen molar-refractivity contribution in [2.45, 2.75) is 11.4 Å². The van der Waals surface area contributed by atoms with Crippen molar-refractivity contribution in [3.63, 3.8) is 0 Å². The standard InChI is InChI=1S/C20H19F2N3O3S/c21-16-6-7-18(22)20(12-16)29(26,27)25-10-8-24(9-11-25)14-17-13-19(23-28-17)15-4-2-1-3-5-15/h1-7,12-13H,8-11,14H2. The van der Waals surface area contributed by atoms with Crippen LogP contribution in [-0.4, -0.2) is 49.0 Å². The molecule has 0 bridgehead atoms. The van der Waals surface area contributed by atoms with Gasteiger partial charge in [0.2, 0.25) is 10.0 Å². The molecule has 2 aromatic carbocycles. The van der Waals surface area contributed by atoms with Crippen LogP contribution in [0.25, 0.3) is 11.3 Å². The van der Waals surface area contributed by atoms with Gasteiger partial charge in [0.05, 0.1) is 6.54 Å². The third-order valence-electron chi connectivity index (χ3n) is 4.85. The molecular weight excluding hydrogens is 400 g/mol. The Bertz CT molecular complexity index is 1100. The van der Waals surface area contributed by atoms with Crippen molar-refractivity contribution < 1.29 is 21.7 Å². The lowest BCUT2D eigenvalue weighted by atomic mass is 10.1. The minimum absolute atomic E-state index is 0.179. The predicted molar refractivity (Wildman–Crippen MR) is 102 cm³/mol. The molecule has 2 heterocycles. The first-order chi connectivity index (χ1) is 13.9. The number of aromatic nitrogens is 1. The third kappa shape index (κ3) is 4.21. The van der Waals surface area contributed by atoms with E-state index in [4.69, 9.17) is 4.52 Å². The van der Waals surface area contributed by atoms with Gasteiger partial charge in [-0.25, -0.2) is 17.2 Å². The second-order valence-electron chi connectivity index (χ2n) is 6.80. The fraction of sp³-hybridized carbons (Fsp3) is 0.250. The van der Waals surface area contributed by atoms with E-state index in [0.717, 1.165) is 29.5 Å². The zero-order chi connectivity index (χ0) is 20.4. The Kier molecular flexibility index (Phi) is 5.44. The fourth-order valence-electron chi connectivity index (χ4n) is 3.29. The van der Waals surface area contributed by atoms with E-state index in [-0.39, 0.29) is 13.1 Å². The molecule has 0 amide bonds.